The highest BCUT2D eigenvalue weighted by atomic mass is 16.5. The van der Waals surface area contributed by atoms with Gasteiger partial charge in [-0.1, -0.05) is 5.16 Å². The lowest BCUT2D eigenvalue weighted by Gasteiger charge is -2.22. The summed E-state index contributed by atoms with van der Waals surface area (Å²) in [5, 5.41) is 17.8. The number of fused-ring (bicyclic) bond motifs is 3. The summed E-state index contributed by atoms with van der Waals surface area (Å²) in [4.78, 5) is 21.6. The smallest absolute Gasteiger partial charge is 0.305 e. The quantitative estimate of drug-likeness (QED) is 0.387. The standard InChI is InChI=1S/C25H27N5O3/c1-3-30(4-2)17-8-5-15(6-9-17)25-28-24(29-33-25)16-7-10-20-19(13-16)18-11-12-26-21(14-22(31)32)23(18)27-20/h5-10,13,21,26-27H,3-4,11-12,14H2,1-2H3,(H,31,32)/t21-/m1/s1. The number of aromatic nitrogens is 3. The molecule has 0 spiro atoms. The molecule has 0 amide bonds. The van der Waals surface area contributed by atoms with E-state index >= 15 is 0 Å². The predicted octanol–water partition coefficient (Wildman–Crippen LogP) is 4.39. The van der Waals surface area contributed by atoms with Crippen LogP contribution in [0, 0.1) is 0 Å². The number of carboxylic acids is 1. The summed E-state index contributed by atoms with van der Waals surface area (Å²) in [6, 6.07) is 14.0. The number of aliphatic carboxylic acids is 1. The van der Waals surface area contributed by atoms with Crippen molar-refractivity contribution in [3.8, 4) is 22.8 Å². The average Bonchev–Trinajstić information content (AvgIpc) is 3.45. The summed E-state index contributed by atoms with van der Waals surface area (Å²) in [5.74, 6) is 0.202. The maximum Gasteiger partial charge on any atom is 0.305 e. The van der Waals surface area contributed by atoms with Crippen LogP contribution < -0.4 is 10.2 Å². The fourth-order valence-electron chi connectivity index (χ4n) is 4.66. The van der Waals surface area contributed by atoms with Gasteiger partial charge in [-0.15, -0.1) is 0 Å². The van der Waals surface area contributed by atoms with Crippen LogP contribution in [-0.2, 0) is 11.2 Å². The zero-order valence-electron chi connectivity index (χ0n) is 18.8. The lowest BCUT2D eigenvalue weighted by Crippen LogP contribution is -2.31. The molecule has 0 aliphatic carbocycles. The van der Waals surface area contributed by atoms with Crippen molar-refractivity contribution < 1.29 is 14.4 Å². The van der Waals surface area contributed by atoms with Crippen LogP contribution >= 0.6 is 0 Å². The number of H-pyrrole nitrogens is 1. The Morgan fingerprint density at radius 1 is 1.15 bits per heavy atom. The molecule has 170 valence electrons. The van der Waals surface area contributed by atoms with Crippen molar-refractivity contribution in [3.63, 3.8) is 0 Å². The molecule has 0 saturated heterocycles. The van der Waals surface area contributed by atoms with Gasteiger partial charge in [0.2, 0.25) is 5.82 Å². The third kappa shape index (κ3) is 3.98. The first kappa shape index (κ1) is 21.2. The second-order valence-electron chi connectivity index (χ2n) is 8.27. The molecule has 2 aromatic carbocycles. The number of nitrogens with one attached hydrogen (secondary N) is 2. The SMILES string of the molecule is CCN(CC)c1ccc(-c2nc(-c3ccc4[nH]c5c(c4c3)CCN[C@@H]5CC(=O)O)no2)cc1. The van der Waals surface area contributed by atoms with Gasteiger partial charge in [-0.3, -0.25) is 4.79 Å². The molecular formula is C25H27N5O3. The zero-order chi connectivity index (χ0) is 22.9. The van der Waals surface area contributed by atoms with Gasteiger partial charge in [0, 0.05) is 46.5 Å². The number of nitrogens with zero attached hydrogens (tertiary/aromatic N) is 3. The molecule has 5 rings (SSSR count). The van der Waals surface area contributed by atoms with Crippen molar-refractivity contribution >= 4 is 22.6 Å². The van der Waals surface area contributed by atoms with Gasteiger partial charge < -0.3 is 24.8 Å². The number of carboxylic acid groups (broad SMARTS) is 1. The number of carbonyl (C=O) groups is 1. The van der Waals surface area contributed by atoms with Gasteiger partial charge in [0.1, 0.15) is 0 Å². The average molecular weight is 446 g/mol. The van der Waals surface area contributed by atoms with E-state index < -0.39 is 5.97 Å². The summed E-state index contributed by atoms with van der Waals surface area (Å²) >= 11 is 0. The number of rotatable bonds is 7. The Morgan fingerprint density at radius 3 is 2.64 bits per heavy atom. The summed E-state index contributed by atoms with van der Waals surface area (Å²) in [6.45, 7) is 6.95. The van der Waals surface area contributed by atoms with Gasteiger partial charge in [0.05, 0.1) is 12.5 Å². The van der Waals surface area contributed by atoms with Crippen LogP contribution in [0.15, 0.2) is 47.0 Å². The van der Waals surface area contributed by atoms with E-state index in [1.165, 1.54) is 5.69 Å². The number of aromatic amines is 1. The minimum Gasteiger partial charge on any atom is -0.481 e. The molecule has 8 nitrogen and oxygen atoms in total. The van der Waals surface area contributed by atoms with E-state index in [1.807, 2.05) is 24.3 Å². The normalized spacial score (nSPS) is 15.5. The monoisotopic (exact) mass is 445 g/mol. The fourth-order valence-corrected chi connectivity index (χ4v) is 4.66. The third-order valence-electron chi connectivity index (χ3n) is 6.36. The maximum atomic E-state index is 11.3. The van der Waals surface area contributed by atoms with Crippen molar-refractivity contribution in [3.05, 3.63) is 53.7 Å². The van der Waals surface area contributed by atoms with Crippen molar-refractivity contribution in [2.24, 2.45) is 0 Å². The van der Waals surface area contributed by atoms with E-state index in [1.54, 1.807) is 0 Å². The van der Waals surface area contributed by atoms with Gasteiger partial charge in [0.15, 0.2) is 0 Å². The number of benzene rings is 2. The van der Waals surface area contributed by atoms with Crippen LogP contribution in [0.1, 0.15) is 37.6 Å². The summed E-state index contributed by atoms with van der Waals surface area (Å²) in [5.41, 5.74) is 6.02. The Kier molecular flexibility index (Phi) is 5.60. The van der Waals surface area contributed by atoms with Crippen LogP contribution in [0.3, 0.4) is 0 Å². The minimum absolute atomic E-state index is 0.0495. The molecular weight excluding hydrogens is 418 g/mol. The molecule has 8 heteroatoms. The lowest BCUT2D eigenvalue weighted by atomic mass is 9.97. The molecule has 0 bridgehead atoms. The molecule has 1 aliphatic rings. The van der Waals surface area contributed by atoms with Crippen LogP contribution in [0.4, 0.5) is 5.69 Å². The first-order chi connectivity index (χ1) is 16.1. The molecule has 1 aliphatic heterocycles. The number of hydrogen-bond acceptors (Lipinski definition) is 6. The van der Waals surface area contributed by atoms with E-state index in [2.05, 4.69) is 57.4 Å². The Balaban J connectivity index is 1.44. The van der Waals surface area contributed by atoms with Crippen molar-refractivity contribution in [2.45, 2.75) is 32.7 Å². The minimum atomic E-state index is -0.816. The third-order valence-corrected chi connectivity index (χ3v) is 6.36. The van der Waals surface area contributed by atoms with Crippen LogP contribution in [-0.4, -0.2) is 45.8 Å². The molecule has 3 heterocycles. The summed E-state index contributed by atoms with van der Waals surface area (Å²) < 4.78 is 5.57. The van der Waals surface area contributed by atoms with Crippen molar-refractivity contribution in [1.82, 2.24) is 20.4 Å². The van der Waals surface area contributed by atoms with E-state index in [9.17, 15) is 9.90 Å². The van der Waals surface area contributed by atoms with E-state index in [0.29, 0.717) is 11.7 Å². The van der Waals surface area contributed by atoms with Crippen LogP contribution in [0.5, 0.6) is 0 Å². The highest BCUT2D eigenvalue weighted by Crippen LogP contribution is 2.34. The van der Waals surface area contributed by atoms with Crippen LogP contribution in [0.25, 0.3) is 33.7 Å². The van der Waals surface area contributed by atoms with Crippen LogP contribution in [0.2, 0.25) is 0 Å². The van der Waals surface area contributed by atoms with Crippen molar-refractivity contribution in [1.29, 1.82) is 0 Å². The summed E-state index contributed by atoms with van der Waals surface area (Å²) in [6.07, 6.45) is 0.888. The van der Waals surface area contributed by atoms with Gasteiger partial charge in [-0.05, 0) is 74.8 Å². The molecule has 0 fully saturated rings. The molecule has 1 atom stereocenters. The molecule has 33 heavy (non-hydrogen) atoms. The van der Waals surface area contributed by atoms with Crippen molar-refractivity contribution in [2.75, 3.05) is 24.5 Å². The topological polar surface area (TPSA) is 107 Å². The Bertz CT molecular complexity index is 1290. The molecule has 0 radical (unpaired) electrons. The highest BCUT2D eigenvalue weighted by molar-refractivity contribution is 5.89. The predicted molar refractivity (Wildman–Crippen MR) is 127 cm³/mol. The van der Waals surface area contributed by atoms with Gasteiger partial charge in [0.25, 0.3) is 5.89 Å². The van der Waals surface area contributed by atoms with Gasteiger partial charge in [-0.25, -0.2) is 0 Å². The second kappa shape index (κ2) is 8.71. The van der Waals surface area contributed by atoms with Gasteiger partial charge >= 0.3 is 5.97 Å². The highest BCUT2D eigenvalue weighted by Gasteiger charge is 2.26. The van der Waals surface area contributed by atoms with E-state index in [0.717, 1.165) is 59.3 Å². The Labute approximate surface area is 191 Å². The van der Waals surface area contributed by atoms with E-state index in [4.69, 9.17) is 4.52 Å². The second-order valence-corrected chi connectivity index (χ2v) is 8.27. The Hall–Kier alpha value is -3.65. The summed E-state index contributed by atoms with van der Waals surface area (Å²) in [7, 11) is 0. The van der Waals surface area contributed by atoms with Gasteiger partial charge in [-0.2, -0.15) is 4.98 Å². The lowest BCUT2D eigenvalue weighted by molar-refractivity contribution is -0.137. The molecule has 4 aromatic rings. The molecule has 0 unspecified atom stereocenters. The number of hydrogen-bond donors (Lipinski definition) is 3. The largest absolute Gasteiger partial charge is 0.481 e. The zero-order valence-corrected chi connectivity index (χ0v) is 18.8. The maximum absolute atomic E-state index is 11.3. The molecule has 2 aromatic heterocycles. The fraction of sp³-hybridized carbons (Fsp3) is 0.320. The molecule has 0 saturated carbocycles. The Morgan fingerprint density at radius 2 is 1.91 bits per heavy atom. The first-order valence-electron chi connectivity index (χ1n) is 11.4. The number of anilines is 1. The van der Waals surface area contributed by atoms with E-state index in [-0.39, 0.29) is 12.5 Å². The molecule has 3 N–H and O–H groups in total. The first-order valence-corrected chi connectivity index (χ1v) is 11.4.